The van der Waals surface area contributed by atoms with Gasteiger partial charge < -0.3 is 19.5 Å². The Hall–Kier alpha value is -2.98. The first-order chi connectivity index (χ1) is 14.8. The lowest BCUT2D eigenvalue weighted by molar-refractivity contribution is 0.141. The molecule has 1 aliphatic rings. The van der Waals surface area contributed by atoms with Crippen molar-refractivity contribution in [2.75, 3.05) is 38.2 Å². The lowest BCUT2D eigenvalue weighted by atomic mass is 10.2. The fourth-order valence-corrected chi connectivity index (χ4v) is 3.93. The molecule has 3 aromatic rings. The fraction of sp³-hybridized carbons (Fsp3) is 0.333. The zero-order valence-electron chi connectivity index (χ0n) is 17.4. The summed E-state index contributed by atoms with van der Waals surface area (Å²) in [6.07, 6.45) is 5.12. The van der Waals surface area contributed by atoms with Crippen LogP contribution in [0.2, 0.25) is 0 Å². The molecule has 0 radical (unpaired) electrons. The zero-order valence-corrected chi connectivity index (χ0v) is 18.2. The van der Waals surface area contributed by atoms with Gasteiger partial charge >= 0.3 is 0 Å². The van der Waals surface area contributed by atoms with Crippen LogP contribution in [-0.4, -0.2) is 53.1 Å². The summed E-state index contributed by atoms with van der Waals surface area (Å²) in [5.74, 6) is 0.890. The highest BCUT2D eigenvalue weighted by Gasteiger charge is 2.20. The molecule has 8 nitrogen and oxygen atoms in total. The number of anilines is 2. The summed E-state index contributed by atoms with van der Waals surface area (Å²) < 4.78 is 47.1. The molecule has 1 N–H and O–H groups in total. The van der Waals surface area contributed by atoms with E-state index < -0.39 is 15.5 Å². The summed E-state index contributed by atoms with van der Waals surface area (Å²) in [6, 6.07) is 7.67. The normalized spacial score (nSPS) is 16.3. The summed E-state index contributed by atoms with van der Waals surface area (Å²) in [6.45, 7) is 1.08. The highest BCUT2D eigenvalue weighted by Crippen LogP contribution is 2.37. The first-order valence-electron chi connectivity index (χ1n) is 9.63. The number of rotatable bonds is 6. The Balaban J connectivity index is 1.76. The molecule has 4 rings (SSSR count). The Labute approximate surface area is 179 Å². The molecule has 1 aliphatic heterocycles. The van der Waals surface area contributed by atoms with E-state index in [0.29, 0.717) is 52.8 Å². The molecule has 31 heavy (non-hydrogen) atoms. The molecule has 2 aromatic carbocycles. The maximum atomic E-state index is 13.9. The third kappa shape index (κ3) is 5.02. The van der Waals surface area contributed by atoms with Crippen LogP contribution in [0.5, 0.6) is 11.5 Å². The van der Waals surface area contributed by atoms with Gasteiger partial charge in [-0.3, -0.25) is 0 Å². The van der Waals surface area contributed by atoms with Crippen molar-refractivity contribution in [2.24, 2.45) is 4.36 Å². The van der Waals surface area contributed by atoms with Gasteiger partial charge in [0.15, 0.2) is 0 Å². The number of nitrogens with one attached hydrogen (secondary N) is 1. The molecule has 0 amide bonds. The minimum Gasteiger partial charge on any atom is -0.496 e. The molecule has 0 spiro atoms. The summed E-state index contributed by atoms with van der Waals surface area (Å²) >= 11 is 0. The van der Waals surface area contributed by atoms with Gasteiger partial charge in [-0.25, -0.2) is 18.6 Å². The van der Waals surface area contributed by atoms with E-state index in [1.807, 2.05) is 0 Å². The summed E-state index contributed by atoms with van der Waals surface area (Å²) in [4.78, 5) is 8.66. The van der Waals surface area contributed by atoms with Crippen molar-refractivity contribution in [2.45, 2.75) is 12.5 Å². The Bertz CT molecular complexity index is 1230. The van der Waals surface area contributed by atoms with Gasteiger partial charge in [0.05, 0.1) is 42.6 Å². The highest BCUT2D eigenvalue weighted by atomic mass is 32.2. The van der Waals surface area contributed by atoms with E-state index in [9.17, 15) is 8.60 Å². The van der Waals surface area contributed by atoms with Crippen LogP contribution < -0.4 is 14.8 Å². The van der Waals surface area contributed by atoms with Crippen molar-refractivity contribution < 1.29 is 22.8 Å². The molecule has 0 aliphatic carbocycles. The zero-order chi connectivity index (χ0) is 22.0. The fourth-order valence-electron chi connectivity index (χ4n) is 3.31. The molecular weight excluding hydrogens is 423 g/mol. The van der Waals surface area contributed by atoms with Crippen LogP contribution in [0.3, 0.4) is 0 Å². The van der Waals surface area contributed by atoms with Crippen molar-refractivity contribution in [3.8, 4) is 11.5 Å². The Kier molecular flexibility index (Phi) is 5.92. The first kappa shape index (κ1) is 21.3. The second-order valence-corrected chi connectivity index (χ2v) is 9.95. The summed E-state index contributed by atoms with van der Waals surface area (Å²) in [7, 11) is -0.828. The van der Waals surface area contributed by atoms with Crippen LogP contribution >= 0.6 is 0 Å². The molecule has 164 valence electrons. The summed E-state index contributed by atoms with van der Waals surface area (Å²) in [5.41, 5.74) is 1.61. The predicted molar refractivity (Wildman–Crippen MR) is 118 cm³/mol. The van der Waals surface area contributed by atoms with E-state index in [4.69, 9.17) is 14.2 Å². The van der Waals surface area contributed by atoms with Gasteiger partial charge in [-0.1, -0.05) is 0 Å². The minimum absolute atomic E-state index is 0.138. The lowest BCUT2D eigenvalue weighted by Gasteiger charge is -2.17. The molecule has 1 saturated heterocycles. The first-order valence-corrected chi connectivity index (χ1v) is 12.0. The number of methoxy groups -OCH3 is 1. The number of benzene rings is 2. The van der Waals surface area contributed by atoms with Gasteiger partial charge in [0, 0.05) is 40.8 Å². The molecule has 1 atom stereocenters. The van der Waals surface area contributed by atoms with Crippen LogP contribution in [0.4, 0.5) is 21.6 Å². The topological polar surface area (TPSA) is 94.9 Å². The lowest BCUT2D eigenvalue weighted by Crippen LogP contribution is -2.16. The average Bonchev–Trinajstić information content (AvgIpc) is 3.21. The smallest absolute Gasteiger partial charge is 0.146 e. The quantitative estimate of drug-likeness (QED) is 0.610. The second kappa shape index (κ2) is 8.64. The van der Waals surface area contributed by atoms with E-state index in [1.54, 1.807) is 30.7 Å². The molecule has 0 saturated carbocycles. The van der Waals surface area contributed by atoms with E-state index in [2.05, 4.69) is 19.6 Å². The number of ether oxygens (including phenoxy) is 3. The Morgan fingerprint density at radius 2 is 2.06 bits per heavy atom. The largest absolute Gasteiger partial charge is 0.496 e. The molecule has 1 fully saturated rings. The summed E-state index contributed by atoms with van der Waals surface area (Å²) in [5, 5.41) is 3.82. The number of nitrogens with zero attached hydrogens (tertiary/aromatic N) is 3. The number of halogens is 1. The van der Waals surface area contributed by atoms with Gasteiger partial charge in [0.1, 0.15) is 35.6 Å². The molecule has 2 heterocycles. The molecule has 1 aromatic heterocycles. The number of aromatic nitrogens is 2. The van der Waals surface area contributed by atoms with Crippen LogP contribution in [0, 0.1) is 5.82 Å². The van der Waals surface area contributed by atoms with Crippen molar-refractivity contribution in [1.29, 1.82) is 0 Å². The maximum Gasteiger partial charge on any atom is 0.146 e. The third-order valence-corrected chi connectivity index (χ3v) is 5.26. The van der Waals surface area contributed by atoms with Crippen LogP contribution in [0.1, 0.15) is 6.42 Å². The monoisotopic (exact) mass is 446 g/mol. The maximum absolute atomic E-state index is 13.9. The molecule has 0 bridgehead atoms. The third-order valence-electron chi connectivity index (χ3n) is 4.61. The molecule has 10 heteroatoms. The van der Waals surface area contributed by atoms with Crippen molar-refractivity contribution in [1.82, 2.24) is 9.97 Å². The number of hydrogen-bond acceptors (Lipinski definition) is 8. The van der Waals surface area contributed by atoms with E-state index in [0.717, 1.165) is 6.42 Å². The number of fused-ring (bicyclic) bond motifs is 1. The molecular formula is C21H23FN4O4S. The van der Waals surface area contributed by atoms with Crippen LogP contribution in [-0.2, 0) is 14.5 Å². The minimum atomic E-state index is -2.35. The van der Waals surface area contributed by atoms with Gasteiger partial charge in [-0.05, 0) is 18.2 Å². The Morgan fingerprint density at radius 3 is 2.77 bits per heavy atom. The number of hydrogen-bond donors (Lipinski definition) is 1. The predicted octanol–water partition coefficient (Wildman–Crippen LogP) is 4.05. The van der Waals surface area contributed by atoms with Gasteiger partial charge in [-0.15, -0.1) is 0 Å². The van der Waals surface area contributed by atoms with Gasteiger partial charge in [0.25, 0.3) is 0 Å². The van der Waals surface area contributed by atoms with E-state index in [-0.39, 0.29) is 6.10 Å². The Morgan fingerprint density at radius 1 is 1.23 bits per heavy atom. The SMILES string of the molecule is COc1cc(N=S(C)(C)=O)cc2ncnc(Nc3ccc(F)cc3O[C@H]3CCOC3)c12. The average molecular weight is 447 g/mol. The van der Waals surface area contributed by atoms with Crippen molar-refractivity contribution in [3.63, 3.8) is 0 Å². The highest BCUT2D eigenvalue weighted by molar-refractivity contribution is 7.92. The van der Waals surface area contributed by atoms with E-state index in [1.165, 1.54) is 25.6 Å². The van der Waals surface area contributed by atoms with Crippen molar-refractivity contribution in [3.05, 3.63) is 42.5 Å². The van der Waals surface area contributed by atoms with Crippen molar-refractivity contribution >= 4 is 37.8 Å². The van der Waals surface area contributed by atoms with E-state index >= 15 is 0 Å². The van der Waals surface area contributed by atoms with Gasteiger partial charge in [0.2, 0.25) is 0 Å². The standard InChI is InChI=1S/C21H23FN4O4S/c1-28-19-10-14(26-31(2,3)27)9-17-20(19)21(24-12-23-17)25-16-5-4-13(22)8-18(16)30-15-6-7-29-11-15/h4-5,8-10,12,15H,6-7,11H2,1-3H3,(H,23,24,25)/t15-/m0/s1. The molecule has 0 unspecified atom stereocenters. The van der Waals surface area contributed by atoms with Crippen LogP contribution in [0.25, 0.3) is 10.9 Å². The van der Waals surface area contributed by atoms with Gasteiger partial charge in [-0.2, -0.15) is 4.36 Å². The second-order valence-electron chi connectivity index (χ2n) is 7.41. The van der Waals surface area contributed by atoms with Crippen LogP contribution in [0.15, 0.2) is 41.0 Å².